The molecule has 0 atom stereocenters. The fourth-order valence-electron chi connectivity index (χ4n) is 8.19. The van der Waals surface area contributed by atoms with Crippen LogP contribution in [0.25, 0.3) is 93.2 Å². The minimum atomic E-state index is -0.803. The van der Waals surface area contributed by atoms with Crippen molar-refractivity contribution in [2.75, 3.05) is 4.90 Å². The normalized spacial score (nSPS) is 15.3. The average molecular weight is 768 g/mol. The zero-order valence-corrected chi connectivity index (χ0v) is 30.9. The van der Waals surface area contributed by atoms with Crippen molar-refractivity contribution in [2.45, 2.75) is 0 Å². The third-order valence-corrected chi connectivity index (χ3v) is 10.8. The van der Waals surface area contributed by atoms with E-state index in [9.17, 15) is 11.0 Å². The zero-order chi connectivity index (χ0) is 51.9. The molecule has 0 bridgehead atoms. The molecule has 0 fully saturated rings. The van der Waals surface area contributed by atoms with E-state index in [2.05, 4.69) is 4.57 Å². The maximum absolute atomic E-state index is 10.2. The van der Waals surface area contributed by atoms with Crippen LogP contribution in [0.1, 0.15) is 20.6 Å². The SMILES string of the molecule is [2H]c1c([2H])c(-c2ccc3c(c2)c2ccccc2n3-c2ccccc2)c([2H])c(N(c2c([2H])c([2H])c(-c3c([2H])c([2H])c([2H])c4c([2H])c([2H])c([2H])c([2H])c34)c([2H])c2[2H])c2cccc3oc4c5ccccc5ccc4c23)c1[2H]. The van der Waals surface area contributed by atoms with E-state index < -0.39 is 118 Å². The van der Waals surface area contributed by atoms with Crippen LogP contribution in [0.5, 0.6) is 0 Å². The molecule has 12 aromatic rings. The number of nitrogens with zero attached hydrogens (tertiary/aromatic N) is 2. The summed E-state index contributed by atoms with van der Waals surface area (Å²) >= 11 is 0. The summed E-state index contributed by atoms with van der Waals surface area (Å²) in [6.07, 6.45) is 0. The Bertz CT molecular complexity index is 4420. The molecule has 0 saturated carbocycles. The average Bonchev–Trinajstić information content (AvgIpc) is 3.97. The van der Waals surface area contributed by atoms with Crippen molar-refractivity contribution in [1.82, 2.24) is 4.57 Å². The number of aromatic nitrogens is 1. The lowest BCUT2D eigenvalue weighted by Gasteiger charge is -2.27. The summed E-state index contributed by atoms with van der Waals surface area (Å²) in [6.45, 7) is 0. The number of rotatable bonds is 6. The van der Waals surface area contributed by atoms with Crippen LogP contribution in [0.3, 0.4) is 0 Å². The minimum Gasteiger partial charge on any atom is -0.455 e. The smallest absolute Gasteiger partial charge is 0.143 e. The van der Waals surface area contributed by atoms with Gasteiger partial charge >= 0.3 is 0 Å². The van der Waals surface area contributed by atoms with Crippen LogP contribution in [0.2, 0.25) is 0 Å². The van der Waals surface area contributed by atoms with Crippen LogP contribution < -0.4 is 4.90 Å². The van der Waals surface area contributed by atoms with Gasteiger partial charge in [0.25, 0.3) is 0 Å². The highest BCUT2D eigenvalue weighted by molar-refractivity contribution is 6.19. The van der Waals surface area contributed by atoms with E-state index in [0.717, 1.165) is 38.3 Å². The summed E-state index contributed by atoms with van der Waals surface area (Å²) in [5.74, 6) is 0. The third kappa shape index (κ3) is 5.36. The second kappa shape index (κ2) is 13.4. The van der Waals surface area contributed by atoms with Crippen molar-refractivity contribution in [1.29, 1.82) is 0 Å². The van der Waals surface area contributed by atoms with Crippen LogP contribution in [0.15, 0.2) is 222 Å². The van der Waals surface area contributed by atoms with Gasteiger partial charge in [0.05, 0.1) is 42.7 Å². The first-order valence-electron chi connectivity index (χ1n) is 26.5. The van der Waals surface area contributed by atoms with Crippen molar-refractivity contribution in [3.8, 4) is 27.9 Å². The Balaban J connectivity index is 1.19. The highest BCUT2D eigenvalue weighted by Crippen LogP contribution is 2.46. The zero-order valence-electron chi connectivity index (χ0n) is 45.9. The Kier molecular flexibility index (Phi) is 4.89. The maximum atomic E-state index is 10.2. The maximum Gasteiger partial charge on any atom is 0.143 e. The second-order valence-electron chi connectivity index (χ2n) is 14.1. The van der Waals surface area contributed by atoms with Gasteiger partial charge in [0.15, 0.2) is 0 Å². The second-order valence-corrected chi connectivity index (χ2v) is 14.1. The van der Waals surface area contributed by atoms with E-state index in [1.165, 1.54) is 4.90 Å². The molecule has 276 valence electrons. The minimum absolute atomic E-state index is 0.0514. The molecule has 3 nitrogen and oxygen atoms in total. The highest BCUT2D eigenvalue weighted by atomic mass is 16.3. The first kappa shape index (κ1) is 21.6. The molecule has 0 unspecified atom stereocenters. The molecular formula is C56H36N2O. The number of anilines is 3. The van der Waals surface area contributed by atoms with Crippen LogP contribution in [-0.4, -0.2) is 4.57 Å². The van der Waals surface area contributed by atoms with E-state index in [-0.39, 0.29) is 16.9 Å². The standard InChI is InChI=1S/C56H36N2O/c1-2-17-42(18-3-1)58-51-24-9-8-22-48(51)50-36-41(30-34-52(50)58)40-16-10-19-44(35-40)57(43-31-27-39(28-32-43)46-23-11-15-37-13-4-6-20-45(37)46)53-25-12-26-54-55(53)49-33-29-38-14-5-7-21-47(38)56(49)59-54/h1-36H/i4D,6D,10D,11D,13D,15D,16D,19D,20D,23D,27D,28D,31D,32D,35D. The lowest BCUT2D eigenvalue weighted by Crippen LogP contribution is -2.10. The van der Waals surface area contributed by atoms with Crippen LogP contribution in [0, 0.1) is 0 Å². The molecule has 0 amide bonds. The van der Waals surface area contributed by atoms with Crippen LogP contribution in [-0.2, 0) is 0 Å². The Morgan fingerprint density at radius 2 is 1.24 bits per heavy atom. The fraction of sp³-hybridized carbons (Fsp3) is 0. The third-order valence-electron chi connectivity index (χ3n) is 10.8. The van der Waals surface area contributed by atoms with Gasteiger partial charge in [-0.3, -0.25) is 0 Å². The van der Waals surface area contributed by atoms with Gasteiger partial charge in [-0.25, -0.2) is 0 Å². The molecule has 0 radical (unpaired) electrons. The quantitative estimate of drug-likeness (QED) is 0.168. The summed E-state index contributed by atoms with van der Waals surface area (Å²) < 4.78 is 147. The molecule has 3 heteroatoms. The molecule has 10 aromatic carbocycles. The molecule has 0 N–H and O–H groups in total. The Morgan fingerprint density at radius 1 is 0.458 bits per heavy atom. The summed E-state index contributed by atoms with van der Waals surface area (Å²) in [6, 6.07) is 29.0. The van der Waals surface area contributed by atoms with Crippen molar-refractivity contribution >= 4 is 82.4 Å². The number of furan rings is 1. The van der Waals surface area contributed by atoms with Gasteiger partial charge in [0, 0.05) is 38.6 Å². The molecule has 12 rings (SSSR count). The number of fused-ring (bicyclic) bond motifs is 9. The highest BCUT2D eigenvalue weighted by Gasteiger charge is 2.21. The number of benzene rings is 10. The van der Waals surface area contributed by atoms with Crippen molar-refractivity contribution in [3.63, 3.8) is 0 Å². The summed E-state index contributed by atoms with van der Waals surface area (Å²) in [5.41, 5.74) is 1.91. The molecule has 0 saturated heterocycles. The number of para-hydroxylation sites is 2. The molecule has 59 heavy (non-hydrogen) atoms. The van der Waals surface area contributed by atoms with Gasteiger partial charge in [-0.15, -0.1) is 0 Å². The Hall–Kier alpha value is -7.88. The molecular weight excluding hydrogens is 717 g/mol. The van der Waals surface area contributed by atoms with E-state index in [1.807, 2.05) is 103 Å². The van der Waals surface area contributed by atoms with Gasteiger partial charge in [-0.05, 0) is 111 Å². The molecule has 0 spiro atoms. The summed E-state index contributed by atoms with van der Waals surface area (Å²) in [7, 11) is 0. The fourth-order valence-corrected chi connectivity index (χ4v) is 8.19. The van der Waals surface area contributed by atoms with Crippen molar-refractivity contribution < 1.29 is 25.0 Å². The van der Waals surface area contributed by atoms with Crippen molar-refractivity contribution in [3.05, 3.63) is 218 Å². The predicted octanol–water partition coefficient (Wildman–Crippen LogP) is 15.8. The van der Waals surface area contributed by atoms with Crippen molar-refractivity contribution in [2.24, 2.45) is 0 Å². The van der Waals surface area contributed by atoms with Gasteiger partial charge in [-0.1, -0.05) is 145 Å². The Labute approximate surface area is 362 Å². The van der Waals surface area contributed by atoms with Crippen LogP contribution >= 0.6 is 0 Å². The monoisotopic (exact) mass is 767 g/mol. The van der Waals surface area contributed by atoms with E-state index in [1.54, 1.807) is 24.3 Å². The number of hydrogen-bond donors (Lipinski definition) is 0. The summed E-state index contributed by atoms with van der Waals surface area (Å²) in [4.78, 5) is 1.22. The van der Waals surface area contributed by atoms with Crippen LogP contribution in [0.4, 0.5) is 17.1 Å². The molecule has 0 aliphatic rings. The predicted molar refractivity (Wildman–Crippen MR) is 249 cm³/mol. The number of hydrogen-bond acceptors (Lipinski definition) is 2. The van der Waals surface area contributed by atoms with E-state index >= 15 is 0 Å². The molecule has 0 aliphatic heterocycles. The van der Waals surface area contributed by atoms with E-state index in [4.69, 9.17) is 14.0 Å². The largest absolute Gasteiger partial charge is 0.455 e. The molecule has 0 aliphatic carbocycles. The molecule has 2 heterocycles. The van der Waals surface area contributed by atoms with Gasteiger partial charge < -0.3 is 13.9 Å². The van der Waals surface area contributed by atoms with Gasteiger partial charge in [0.2, 0.25) is 0 Å². The lowest BCUT2D eigenvalue weighted by molar-refractivity contribution is 0.672. The topological polar surface area (TPSA) is 21.3 Å². The Morgan fingerprint density at radius 3 is 2.15 bits per heavy atom. The molecule has 2 aromatic heterocycles. The van der Waals surface area contributed by atoms with Gasteiger partial charge in [-0.2, -0.15) is 0 Å². The van der Waals surface area contributed by atoms with E-state index in [0.29, 0.717) is 27.5 Å². The first-order chi connectivity index (χ1) is 35.5. The first-order valence-corrected chi connectivity index (χ1v) is 19.0. The lowest BCUT2D eigenvalue weighted by atomic mass is 9.97. The van der Waals surface area contributed by atoms with Gasteiger partial charge in [0.1, 0.15) is 11.2 Å². The summed E-state index contributed by atoms with van der Waals surface area (Å²) in [5, 5.41) is 3.36.